The number of hydrogen-bond donors (Lipinski definition) is 0. The van der Waals surface area contributed by atoms with Crippen LogP contribution >= 0.6 is 0 Å². The number of aldehydes is 1. The van der Waals surface area contributed by atoms with Crippen LogP contribution in [0.3, 0.4) is 0 Å². The van der Waals surface area contributed by atoms with E-state index in [1.54, 1.807) is 20.3 Å². The second-order valence-corrected chi connectivity index (χ2v) is 4.35. The van der Waals surface area contributed by atoms with E-state index in [4.69, 9.17) is 9.47 Å². The maximum absolute atomic E-state index is 10.8. The van der Waals surface area contributed by atoms with E-state index in [-0.39, 0.29) is 15.0 Å². The number of methoxy groups -OCH3 is 2. The zero-order chi connectivity index (χ0) is 10.6. The van der Waals surface area contributed by atoms with Gasteiger partial charge in [-0.2, -0.15) is 0 Å². The summed E-state index contributed by atoms with van der Waals surface area (Å²) in [5, 5.41) is 0. The van der Waals surface area contributed by atoms with Crippen LogP contribution in [0.1, 0.15) is 10.4 Å². The first kappa shape index (κ1) is 11.1. The van der Waals surface area contributed by atoms with E-state index < -0.39 is 0 Å². The molecule has 0 saturated carbocycles. The molecular weight excluding hydrogens is 247 g/mol. The Morgan fingerprint density at radius 1 is 1.21 bits per heavy atom. The molecule has 0 aliphatic heterocycles. The molecule has 0 saturated heterocycles. The van der Waals surface area contributed by atoms with Gasteiger partial charge >= 0.3 is 89.2 Å². The van der Waals surface area contributed by atoms with E-state index in [1.165, 1.54) is 0 Å². The van der Waals surface area contributed by atoms with Gasteiger partial charge in [0.1, 0.15) is 0 Å². The molecule has 3 nitrogen and oxygen atoms in total. The van der Waals surface area contributed by atoms with E-state index >= 15 is 0 Å². The van der Waals surface area contributed by atoms with Crippen molar-refractivity contribution in [2.24, 2.45) is 0 Å². The van der Waals surface area contributed by atoms with Crippen molar-refractivity contribution < 1.29 is 14.3 Å². The van der Waals surface area contributed by atoms with Gasteiger partial charge in [0.15, 0.2) is 0 Å². The van der Waals surface area contributed by atoms with Gasteiger partial charge in [-0.1, -0.05) is 0 Å². The van der Waals surface area contributed by atoms with Crippen molar-refractivity contribution in [1.29, 1.82) is 0 Å². The van der Waals surface area contributed by atoms with Crippen molar-refractivity contribution >= 4 is 25.7 Å². The number of ether oxygens (including phenoxy) is 2. The summed E-state index contributed by atoms with van der Waals surface area (Å²) in [6.07, 6.45) is 0.850. The monoisotopic (exact) mass is 260 g/mol. The quantitative estimate of drug-likeness (QED) is 0.595. The fourth-order valence-corrected chi connectivity index (χ4v) is 2.34. The topological polar surface area (TPSA) is 35.5 Å². The molecule has 0 atom stereocenters. The van der Waals surface area contributed by atoms with Gasteiger partial charge in [-0.25, -0.2) is 0 Å². The SMILES string of the molecule is COc1cc(C=O)c([Se]C)cc1OC. The minimum absolute atomic E-state index is 0.274. The first-order valence-electron chi connectivity index (χ1n) is 4.02. The van der Waals surface area contributed by atoms with Crippen LogP contribution in [0.4, 0.5) is 0 Å². The summed E-state index contributed by atoms with van der Waals surface area (Å²) in [6, 6.07) is 3.58. The zero-order valence-corrected chi connectivity index (χ0v) is 10.1. The molecule has 0 aromatic heterocycles. The third kappa shape index (κ3) is 2.08. The summed E-state index contributed by atoms with van der Waals surface area (Å²) in [5.41, 5.74) is 0.685. The molecule has 0 aliphatic carbocycles. The predicted octanol–water partition coefficient (Wildman–Crippen LogP) is 0.894. The summed E-state index contributed by atoms with van der Waals surface area (Å²) < 4.78 is 11.3. The number of benzene rings is 1. The Labute approximate surface area is 89.6 Å². The van der Waals surface area contributed by atoms with Crippen LogP contribution in [0.15, 0.2) is 12.1 Å². The molecule has 0 radical (unpaired) electrons. The maximum atomic E-state index is 10.8. The van der Waals surface area contributed by atoms with Crippen LogP contribution in [0.2, 0.25) is 5.82 Å². The van der Waals surface area contributed by atoms with Gasteiger partial charge in [-0.3, -0.25) is 0 Å². The second kappa shape index (κ2) is 5.03. The van der Waals surface area contributed by atoms with Gasteiger partial charge in [0.05, 0.1) is 0 Å². The van der Waals surface area contributed by atoms with Crippen molar-refractivity contribution in [1.82, 2.24) is 0 Å². The summed E-state index contributed by atoms with van der Waals surface area (Å²) in [7, 11) is 3.15. The van der Waals surface area contributed by atoms with Crippen LogP contribution in [-0.2, 0) is 0 Å². The van der Waals surface area contributed by atoms with E-state index in [0.29, 0.717) is 17.1 Å². The van der Waals surface area contributed by atoms with Gasteiger partial charge < -0.3 is 0 Å². The summed E-state index contributed by atoms with van der Waals surface area (Å²) in [6.45, 7) is 0. The molecule has 0 aliphatic rings. The molecule has 0 heterocycles. The molecule has 4 heteroatoms. The number of hydrogen-bond acceptors (Lipinski definition) is 3. The van der Waals surface area contributed by atoms with Crippen LogP contribution in [-0.4, -0.2) is 35.5 Å². The van der Waals surface area contributed by atoms with Crippen molar-refractivity contribution in [3.63, 3.8) is 0 Å². The van der Waals surface area contributed by atoms with E-state index in [0.717, 1.165) is 10.7 Å². The van der Waals surface area contributed by atoms with Gasteiger partial charge in [-0.05, 0) is 0 Å². The molecule has 0 N–H and O–H groups in total. The number of carbonyl (C=O) groups is 1. The van der Waals surface area contributed by atoms with Crippen molar-refractivity contribution in [3.8, 4) is 11.5 Å². The Bertz CT molecular complexity index is 336. The molecule has 1 aromatic carbocycles. The molecule has 0 bridgehead atoms. The Morgan fingerprint density at radius 2 is 1.79 bits per heavy atom. The van der Waals surface area contributed by atoms with Gasteiger partial charge in [0, 0.05) is 0 Å². The molecule has 0 amide bonds. The normalized spacial score (nSPS) is 9.64. The standard InChI is InChI=1S/C10H12O3Se/c1-12-8-4-7(6-11)10(14-3)5-9(8)13-2/h4-6H,1-3H3. The summed E-state index contributed by atoms with van der Waals surface area (Å²) in [4.78, 5) is 10.8. The number of carbonyl (C=O) groups excluding carboxylic acids is 1. The third-order valence-electron chi connectivity index (χ3n) is 1.86. The molecule has 76 valence electrons. The second-order valence-electron chi connectivity index (χ2n) is 2.57. The van der Waals surface area contributed by atoms with Gasteiger partial charge in [0.25, 0.3) is 0 Å². The average Bonchev–Trinajstić information content (AvgIpc) is 2.26. The fourth-order valence-electron chi connectivity index (χ4n) is 1.14. The van der Waals surface area contributed by atoms with E-state index in [1.807, 2.05) is 6.07 Å². The van der Waals surface area contributed by atoms with Crippen molar-refractivity contribution in [2.75, 3.05) is 14.2 Å². The molecule has 1 aromatic rings. The van der Waals surface area contributed by atoms with Gasteiger partial charge in [-0.15, -0.1) is 0 Å². The van der Waals surface area contributed by atoms with E-state index in [9.17, 15) is 4.79 Å². The molecule has 14 heavy (non-hydrogen) atoms. The van der Waals surface area contributed by atoms with Gasteiger partial charge in [0.2, 0.25) is 0 Å². The van der Waals surface area contributed by atoms with Crippen LogP contribution in [0, 0.1) is 0 Å². The fraction of sp³-hybridized carbons (Fsp3) is 0.300. The average molecular weight is 259 g/mol. The van der Waals surface area contributed by atoms with Crippen LogP contribution < -0.4 is 13.9 Å². The molecule has 0 fully saturated rings. The Hall–Kier alpha value is -0.991. The van der Waals surface area contributed by atoms with E-state index in [2.05, 4.69) is 5.82 Å². The predicted molar refractivity (Wildman–Crippen MR) is 56.2 cm³/mol. The van der Waals surface area contributed by atoms with Crippen molar-refractivity contribution in [3.05, 3.63) is 17.7 Å². The molecule has 0 unspecified atom stereocenters. The minimum atomic E-state index is 0.274. The molecular formula is C10H12O3Se. The third-order valence-corrected chi connectivity index (χ3v) is 3.53. The Balaban J connectivity index is 3.27. The Morgan fingerprint density at radius 3 is 2.21 bits per heavy atom. The summed E-state index contributed by atoms with van der Waals surface area (Å²) >= 11 is 0.274. The van der Waals surface area contributed by atoms with Crippen molar-refractivity contribution in [2.45, 2.75) is 5.82 Å². The first-order chi connectivity index (χ1) is 6.76. The summed E-state index contributed by atoms with van der Waals surface area (Å²) in [5.74, 6) is 3.33. The number of rotatable bonds is 4. The Kier molecular flexibility index (Phi) is 3.98. The molecule has 0 spiro atoms. The zero-order valence-electron chi connectivity index (χ0n) is 8.37. The molecule has 1 rings (SSSR count). The van der Waals surface area contributed by atoms with Crippen LogP contribution in [0.25, 0.3) is 0 Å². The van der Waals surface area contributed by atoms with Crippen LogP contribution in [0.5, 0.6) is 11.5 Å². The first-order valence-corrected chi connectivity index (χ1v) is 6.59.